The number of carbonyl (C=O) groups is 1. The lowest BCUT2D eigenvalue weighted by Gasteiger charge is -2.35. The van der Waals surface area contributed by atoms with Gasteiger partial charge in [-0.15, -0.1) is 11.8 Å². The third kappa shape index (κ3) is 4.48. The van der Waals surface area contributed by atoms with Crippen LogP contribution in [0.3, 0.4) is 0 Å². The molecule has 1 aliphatic heterocycles. The molecule has 0 spiro atoms. The Morgan fingerprint density at radius 2 is 1.91 bits per heavy atom. The summed E-state index contributed by atoms with van der Waals surface area (Å²) in [5, 5.41) is 0. The summed E-state index contributed by atoms with van der Waals surface area (Å²) in [6, 6.07) is 8.18. The highest BCUT2D eigenvalue weighted by molar-refractivity contribution is 7.98. The monoisotopic (exact) mass is 322 g/mol. The van der Waals surface area contributed by atoms with Crippen molar-refractivity contribution in [3.8, 4) is 0 Å². The van der Waals surface area contributed by atoms with Crippen LogP contribution in [0.1, 0.15) is 23.2 Å². The molecule has 0 unspecified atom stereocenters. The maximum Gasteiger partial charge on any atom is 0.255 e. The highest BCUT2D eigenvalue weighted by Crippen LogP contribution is 2.24. The molecular weight excluding hydrogens is 296 g/mol. The molecule has 1 fully saturated rings. The molecule has 0 radical (unpaired) electrons. The molecule has 0 bridgehead atoms. The Morgan fingerprint density at radius 1 is 1.23 bits per heavy atom. The first kappa shape index (κ1) is 17.3. The number of nitrogens with zero attached hydrogens (tertiary/aromatic N) is 2. The smallest absolute Gasteiger partial charge is 0.255 e. The second-order valence-corrected chi connectivity index (χ2v) is 6.69. The van der Waals surface area contributed by atoms with Crippen molar-refractivity contribution in [1.82, 2.24) is 9.80 Å². The zero-order chi connectivity index (χ0) is 15.9. The molecule has 1 aromatic rings. The lowest BCUT2D eigenvalue weighted by Crippen LogP contribution is -2.46. The normalized spacial score (nSPS) is 16.0. The number of hydrogen-bond acceptors (Lipinski definition) is 4. The van der Waals surface area contributed by atoms with Crippen LogP contribution < -0.4 is 0 Å². The second-order valence-electron chi connectivity index (χ2n) is 5.85. The molecule has 1 amide bonds. The third-order valence-electron chi connectivity index (χ3n) is 4.02. The fourth-order valence-electron chi connectivity index (χ4n) is 2.73. The van der Waals surface area contributed by atoms with Crippen molar-refractivity contribution in [3.63, 3.8) is 0 Å². The predicted molar refractivity (Wildman–Crippen MR) is 91.7 cm³/mol. The number of hydrogen-bond donors (Lipinski definition) is 0. The van der Waals surface area contributed by atoms with Gasteiger partial charge in [0, 0.05) is 37.2 Å². The summed E-state index contributed by atoms with van der Waals surface area (Å²) in [6.45, 7) is 3.14. The molecule has 1 aromatic carbocycles. The first-order chi connectivity index (χ1) is 10.6. The van der Waals surface area contributed by atoms with Crippen LogP contribution >= 0.6 is 11.8 Å². The van der Waals surface area contributed by atoms with Gasteiger partial charge in [0.1, 0.15) is 0 Å². The summed E-state index contributed by atoms with van der Waals surface area (Å²) in [5.74, 6) is 0.152. The van der Waals surface area contributed by atoms with Crippen molar-refractivity contribution in [2.75, 3.05) is 46.7 Å². The van der Waals surface area contributed by atoms with Crippen LogP contribution in [0.5, 0.6) is 0 Å². The molecule has 4 nitrogen and oxygen atoms in total. The van der Waals surface area contributed by atoms with Crippen LogP contribution in [0.4, 0.5) is 0 Å². The lowest BCUT2D eigenvalue weighted by molar-refractivity contribution is 0.0274. The van der Waals surface area contributed by atoms with Gasteiger partial charge in [-0.05, 0) is 45.3 Å². The summed E-state index contributed by atoms with van der Waals surface area (Å²) in [4.78, 5) is 18.3. The van der Waals surface area contributed by atoms with Crippen LogP contribution in [-0.4, -0.2) is 68.4 Å². The molecule has 0 atom stereocenters. The summed E-state index contributed by atoms with van der Waals surface area (Å²) < 4.78 is 5.45. The third-order valence-corrected chi connectivity index (χ3v) is 4.81. The van der Waals surface area contributed by atoms with Gasteiger partial charge in [0.25, 0.3) is 5.91 Å². The van der Waals surface area contributed by atoms with E-state index in [9.17, 15) is 4.79 Å². The first-order valence-electron chi connectivity index (χ1n) is 7.80. The number of amides is 1. The molecule has 0 aromatic heterocycles. The average molecular weight is 322 g/mol. The molecule has 0 aliphatic carbocycles. The minimum atomic E-state index is 0.152. The Morgan fingerprint density at radius 3 is 2.55 bits per heavy atom. The first-order valence-corrected chi connectivity index (χ1v) is 9.02. The van der Waals surface area contributed by atoms with Crippen LogP contribution in [0.2, 0.25) is 0 Å². The van der Waals surface area contributed by atoms with E-state index in [1.165, 1.54) is 0 Å². The van der Waals surface area contributed by atoms with Crippen molar-refractivity contribution in [2.24, 2.45) is 0 Å². The number of ether oxygens (including phenoxy) is 1. The van der Waals surface area contributed by atoms with Crippen molar-refractivity contribution in [3.05, 3.63) is 29.8 Å². The molecular formula is C17H26N2O2S. The quantitative estimate of drug-likeness (QED) is 0.754. The number of carbonyl (C=O) groups excluding carboxylic acids is 1. The molecule has 0 saturated carbocycles. The predicted octanol–water partition coefficient (Wildman–Crippen LogP) is 2.59. The topological polar surface area (TPSA) is 32.8 Å². The van der Waals surface area contributed by atoms with Gasteiger partial charge in [0.2, 0.25) is 0 Å². The van der Waals surface area contributed by atoms with Gasteiger partial charge in [0.15, 0.2) is 0 Å². The van der Waals surface area contributed by atoms with Crippen LogP contribution in [-0.2, 0) is 4.74 Å². The van der Waals surface area contributed by atoms with Crippen molar-refractivity contribution >= 4 is 17.7 Å². The average Bonchev–Trinajstić information content (AvgIpc) is 2.55. The van der Waals surface area contributed by atoms with E-state index in [-0.39, 0.29) is 11.9 Å². The molecule has 22 heavy (non-hydrogen) atoms. The van der Waals surface area contributed by atoms with E-state index in [0.717, 1.165) is 49.6 Å². The highest BCUT2D eigenvalue weighted by atomic mass is 32.2. The maximum atomic E-state index is 13.1. The zero-order valence-electron chi connectivity index (χ0n) is 13.7. The molecule has 1 aliphatic rings. The van der Waals surface area contributed by atoms with Crippen LogP contribution in [0.25, 0.3) is 0 Å². The van der Waals surface area contributed by atoms with Crippen molar-refractivity contribution in [1.29, 1.82) is 0 Å². The Hall–Kier alpha value is -1.04. The summed E-state index contributed by atoms with van der Waals surface area (Å²) in [5.41, 5.74) is 0.820. The van der Waals surface area contributed by atoms with Gasteiger partial charge in [-0.3, -0.25) is 4.79 Å². The van der Waals surface area contributed by atoms with Crippen molar-refractivity contribution < 1.29 is 9.53 Å². The summed E-state index contributed by atoms with van der Waals surface area (Å²) in [7, 11) is 4.09. The van der Waals surface area contributed by atoms with Gasteiger partial charge in [-0.2, -0.15) is 0 Å². The van der Waals surface area contributed by atoms with E-state index in [4.69, 9.17) is 4.74 Å². The number of likely N-dealkylation sites (N-methyl/N-ethyl adjacent to an activating group) is 1. The van der Waals surface area contributed by atoms with E-state index in [2.05, 4.69) is 9.80 Å². The number of benzene rings is 1. The Labute approximate surface area is 137 Å². The minimum Gasteiger partial charge on any atom is -0.381 e. The number of thioether (sulfide) groups is 1. The number of rotatable bonds is 6. The Kier molecular flexibility index (Phi) is 6.73. The standard InChI is InChI=1S/C17H26N2O2S/c1-18(2)10-11-19(14-8-12-21-13-9-14)17(20)15-6-4-5-7-16(15)22-3/h4-7,14H,8-13H2,1-3H3. The zero-order valence-corrected chi connectivity index (χ0v) is 14.6. The van der Waals surface area contributed by atoms with Crippen LogP contribution in [0.15, 0.2) is 29.2 Å². The largest absolute Gasteiger partial charge is 0.381 e. The van der Waals surface area contributed by atoms with Gasteiger partial charge in [-0.25, -0.2) is 0 Å². The van der Waals surface area contributed by atoms with Gasteiger partial charge >= 0.3 is 0 Å². The Bertz CT molecular complexity index is 487. The molecule has 0 N–H and O–H groups in total. The van der Waals surface area contributed by atoms with Gasteiger partial charge in [0.05, 0.1) is 5.56 Å². The van der Waals surface area contributed by atoms with E-state index in [1.54, 1.807) is 11.8 Å². The van der Waals surface area contributed by atoms with E-state index < -0.39 is 0 Å². The van der Waals surface area contributed by atoms with E-state index in [1.807, 2.05) is 44.6 Å². The van der Waals surface area contributed by atoms with Gasteiger partial charge in [-0.1, -0.05) is 12.1 Å². The van der Waals surface area contributed by atoms with E-state index in [0.29, 0.717) is 0 Å². The molecule has 5 heteroatoms. The van der Waals surface area contributed by atoms with E-state index >= 15 is 0 Å². The maximum absolute atomic E-state index is 13.1. The Balaban J connectivity index is 2.20. The van der Waals surface area contributed by atoms with Gasteiger partial charge < -0.3 is 14.5 Å². The SMILES string of the molecule is CSc1ccccc1C(=O)N(CCN(C)C)C1CCOCC1. The summed E-state index contributed by atoms with van der Waals surface area (Å²) in [6.07, 6.45) is 3.88. The van der Waals surface area contributed by atoms with Crippen LogP contribution in [0, 0.1) is 0 Å². The van der Waals surface area contributed by atoms with Crippen molar-refractivity contribution in [2.45, 2.75) is 23.8 Å². The lowest BCUT2D eigenvalue weighted by atomic mass is 10.1. The molecule has 1 saturated heterocycles. The molecule has 2 rings (SSSR count). The minimum absolute atomic E-state index is 0.152. The highest BCUT2D eigenvalue weighted by Gasteiger charge is 2.27. The fraction of sp³-hybridized carbons (Fsp3) is 0.588. The second kappa shape index (κ2) is 8.56. The summed E-state index contributed by atoms with van der Waals surface area (Å²) >= 11 is 1.63. The molecule has 122 valence electrons. The fourth-order valence-corrected chi connectivity index (χ4v) is 3.32. The molecule has 1 heterocycles.